The molecule has 0 aliphatic rings. The predicted octanol–water partition coefficient (Wildman–Crippen LogP) is 2.87. The number of nitrogens with zero attached hydrogens (tertiary/aromatic N) is 3. The normalized spacial score (nSPS) is 10.8. The standard InChI is InChI=1S/C17H18N4O2S/c1-11-5-3-4-6-13(11)15-9-16(21(19-15)7-8-22)18-17(23)14-10-24-20-12(14)2/h3-6,9-10,22H,7-8H2,1-2H3,(H,18,23). The van der Waals surface area contributed by atoms with Crippen molar-refractivity contribution in [3.8, 4) is 11.3 Å². The van der Waals surface area contributed by atoms with Crippen molar-refractivity contribution in [2.45, 2.75) is 20.4 Å². The van der Waals surface area contributed by atoms with Crippen molar-refractivity contribution in [3.05, 3.63) is 52.5 Å². The summed E-state index contributed by atoms with van der Waals surface area (Å²) in [6.45, 7) is 4.06. The van der Waals surface area contributed by atoms with Gasteiger partial charge in [-0.2, -0.15) is 9.47 Å². The molecule has 24 heavy (non-hydrogen) atoms. The number of aliphatic hydroxyl groups is 1. The maximum atomic E-state index is 12.4. The smallest absolute Gasteiger partial charge is 0.259 e. The second kappa shape index (κ2) is 6.94. The van der Waals surface area contributed by atoms with E-state index in [0.717, 1.165) is 16.8 Å². The summed E-state index contributed by atoms with van der Waals surface area (Å²) >= 11 is 1.25. The van der Waals surface area contributed by atoms with Gasteiger partial charge < -0.3 is 10.4 Å². The summed E-state index contributed by atoms with van der Waals surface area (Å²) in [6.07, 6.45) is 0. The van der Waals surface area contributed by atoms with Gasteiger partial charge in [0, 0.05) is 17.0 Å². The van der Waals surface area contributed by atoms with E-state index in [1.165, 1.54) is 11.5 Å². The summed E-state index contributed by atoms with van der Waals surface area (Å²) in [5, 5.41) is 18.4. The van der Waals surface area contributed by atoms with E-state index in [2.05, 4.69) is 14.8 Å². The number of aromatic nitrogens is 3. The minimum Gasteiger partial charge on any atom is -0.394 e. The largest absolute Gasteiger partial charge is 0.394 e. The Bertz CT molecular complexity index is 869. The molecule has 2 aromatic heterocycles. The highest BCUT2D eigenvalue weighted by atomic mass is 32.1. The van der Waals surface area contributed by atoms with Crippen LogP contribution >= 0.6 is 11.5 Å². The van der Waals surface area contributed by atoms with Crippen LogP contribution in [0.3, 0.4) is 0 Å². The fourth-order valence-electron chi connectivity index (χ4n) is 2.47. The third-order valence-electron chi connectivity index (χ3n) is 3.75. The van der Waals surface area contributed by atoms with Crippen molar-refractivity contribution >= 4 is 23.3 Å². The summed E-state index contributed by atoms with van der Waals surface area (Å²) in [5.41, 5.74) is 4.11. The van der Waals surface area contributed by atoms with Gasteiger partial charge in [-0.05, 0) is 30.9 Å². The monoisotopic (exact) mass is 342 g/mol. The van der Waals surface area contributed by atoms with E-state index in [-0.39, 0.29) is 12.5 Å². The van der Waals surface area contributed by atoms with Crippen molar-refractivity contribution in [1.82, 2.24) is 14.2 Å². The molecule has 0 spiro atoms. The predicted molar refractivity (Wildman–Crippen MR) is 94.3 cm³/mol. The van der Waals surface area contributed by atoms with Crippen molar-refractivity contribution in [3.63, 3.8) is 0 Å². The van der Waals surface area contributed by atoms with Crippen LogP contribution in [-0.4, -0.2) is 31.8 Å². The third kappa shape index (κ3) is 3.22. The SMILES string of the molecule is Cc1ccccc1-c1cc(NC(=O)c2csnc2C)n(CCO)n1. The highest BCUT2D eigenvalue weighted by molar-refractivity contribution is 7.04. The Labute approximate surface area is 143 Å². The maximum absolute atomic E-state index is 12.4. The van der Waals surface area contributed by atoms with Crippen LogP contribution in [0.15, 0.2) is 35.7 Å². The minimum absolute atomic E-state index is 0.0587. The first-order chi connectivity index (χ1) is 11.6. The molecular formula is C17H18N4O2S. The lowest BCUT2D eigenvalue weighted by Gasteiger charge is -2.06. The van der Waals surface area contributed by atoms with E-state index in [1.807, 2.05) is 37.3 Å². The maximum Gasteiger partial charge on any atom is 0.259 e. The van der Waals surface area contributed by atoms with Crippen molar-refractivity contribution in [2.24, 2.45) is 0 Å². The topological polar surface area (TPSA) is 80.0 Å². The lowest BCUT2D eigenvalue weighted by molar-refractivity contribution is 0.102. The fraction of sp³-hybridized carbons (Fsp3) is 0.235. The molecule has 124 valence electrons. The lowest BCUT2D eigenvalue weighted by atomic mass is 10.1. The average molecular weight is 342 g/mol. The second-order valence-electron chi connectivity index (χ2n) is 5.44. The zero-order valence-electron chi connectivity index (χ0n) is 13.5. The molecule has 2 heterocycles. The van der Waals surface area contributed by atoms with Crippen LogP contribution in [0.2, 0.25) is 0 Å². The highest BCUT2D eigenvalue weighted by Crippen LogP contribution is 2.25. The zero-order valence-corrected chi connectivity index (χ0v) is 14.3. The number of aliphatic hydroxyl groups excluding tert-OH is 1. The molecule has 0 saturated heterocycles. The Balaban J connectivity index is 1.94. The van der Waals surface area contributed by atoms with Gasteiger partial charge in [0.1, 0.15) is 5.82 Å². The van der Waals surface area contributed by atoms with Crippen LogP contribution in [0.4, 0.5) is 5.82 Å². The molecule has 0 bridgehead atoms. The number of benzene rings is 1. The molecular weight excluding hydrogens is 324 g/mol. The molecule has 0 aliphatic carbocycles. The molecule has 2 N–H and O–H groups in total. The van der Waals surface area contributed by atoms with Gasteiger partial charge >= 0.3 is 0 Å². The molecule has 0 fully saturated rings. The lowest BCUT2D eigenvalue weighted by Crippen LogP contribution is -2.17. The summed E-state index contributed by atoms with van der Waals surface area (Å²) in [7, 11) is 0. The molecule has 3 rings (SSSR count). The van der Waals surface area contributed by atoms with Gasteiger partial charge in [0.25, 0.3) is 5.91 Å². The molecule has 7 heteroatoms. The molecule has 0 aliphatic heterocycles. The van der Waals surface area contributed by atoms with E-state index in [1.54, 1.807) is 17.0 Å². The molecule has 1 aromatic carbocycles. The number of aryl methyl sites for hydroxylation is 2. The van der Waals surface area contributed by atoms with Gasteiger partial charge in [0.05, 0.1) is 30.1 Å². The Morgan fingerprint density at radius 3 is 2.79 bits per heavy atom. The zero-order chi connectivity index (χ0) is 17.1. The summed E-state index contributed by atoms with van der Waals surface area (Å²) in [5.74, 6) is 0.328. The molecule has 6 nitrogen and oxygen atoms in total. The second-order valence-corrected chi connectivity index (χ2v) is 6.07. The molecule has 0 unspecified atom stereocenters. The van der Waals surface area contributed by atoms with E-state index < -0.39 is 0 Å². The average Bonchev–Trinajstić information content (AvgIpc) is 3.15. The first kappa shape index (κ1) is 16.4. The van der Waals surface area contributed by atoms with Crippen LogP contribution in [0.25, 0.3) is 11.3 Å². The third-order valence-corrected chi connectivity index (χ3v) is 4.47. The number of carbonyl (C=O) groups excluding carboxylic acids is 1. The van der Waals surface area contributed by atoms with Gasteiger partial charge in [-0.25, -0.2) is 4.68 Å². The summed E-state index contributed by atoms with van der Waals surface area (Å²) in [4.78, 5) is 12.4. The Morgan fingerprint density at radius 2 is 2.12 bits per heavy atom. The Hall–Kier alpha value is -2.51. The van der Waals surface area contributed by atoms with Crippen molar-refractivity contribution in [2.75, 3.05) is 11.9 Å². The summed E-state index contributed by atoms with van der Waals surface area (Å²) < 4.78 is 5.73. The summed E-state index contributed by atoms with van der Waals surface area (Å²) in [6, 6.07) is 9.74. The first-order valence-electron chi connectivity index (χ1n) is 7.57. The van der Waals surface area contributed by atoms with Crippen LogP contribution in [-0.2, 0) is 6.54 Å². The van der Waals surface area contributed by atoms with E-state index >= 15 is 0 Å². The fourth-order valence-corrected chi connectivity index (χ4v) is 3.16. The number of amides is 1. The quantitative estimate of drug-likeness (QED) is 0.747. The molecule has 0 atom stereocenters. The number of anilines is 1. The Morgan fingerprint density at radius 1 is 1.33 bits per heavy atom. The van der Waals surface area contributed by atoms with Crippen molar-refractivity contribution in [1.29, 1.82) is 0 Å². The van der Waals surface area contributed by atoms with E-state index in [9.17, 15) is 9.90 Å². The van der Waals surface area contributed by atoms with Gasteiger partial charge in [-0.1, -0.05) is 24.3 Å². The van der Waals surface area contributed by atoms with Crippen LogP contribution < -0.4 is 5.32 Å². The van der Waals surface area contributed by atoms with Crippen LogP contribution in [0.1, 0.15) is 21.6 Å². The molecule has 3 aromatic rings. The van der Waals surface area contributed by atoms with Crippen LogP contribution in [0, 0.1) is 13.8 Å². The Kier molecular flexibility index (Phi) is 4.73. The van der Waals surface area contributed by atoms with Gasteiger partial charge in [-0.15, -0.1) is 0 Å². The van der Waals surface area contributed by atoms with Crippen molar-refractivity contribution < 1.29 is 9.90 Å². The number of nitrogens with one attached hydrogen (secondary N) is 1. The van der Waals surface area contributed by atoms with Gasteiger partial charge in [0.15, 0.2) is 0 Å². The number of hydrogen-bond donors (Lipinski definition) is 2. The number of rotatable bonds is 5. The first-order valence-corrected chi connectivity index (χ1v) is 8.41. The molecule has 0 radical (unpaired) electrons. The number of hydrogen-bond acceptors (Lipinski definition) is 5. The van der Waals surface area contributed by atoms with Gasteiger partial charge in [0.2, 0.25) is 0 Å². The number of carbonyl (C=O) groups is 1. The molecule has 1 amide bonds. The van der Waals surface area contributed by atoms with Gasteiger partial charge in [-0.3, -0.25) is 4.79 Å². The van der Waals surface area contributed by atoms with Crippen LogP contribution in [0.5, 0.6) is 0 Å². The molecule has 0 saturated carbocycles. The van der Waals surface area contributed by atoms with E-state index in [0.29, 0.717) is 23.6 Å². The van der Waals surface area contributed by atoms with E-state index in [4.69, 9.17) is 0 Å². The highest BCUT2D eigenvalue weighted by Gasteiger charge is 2.16. The minimum atomic E-state index is -0.225.